The van der Waals surface area contributed by atoms with Crippen molar-refractivity contribution in [3.8, 4) is 0 Å². The average molecular weight is 385 g/mol. The van der Waals surface area contributed by atoms with Crippen LogP contribution in [0.5, 0.6) is 0 Å². The van der Waals surface area contributed by atoms with E-state index in [4.69, 9.17) is 22.4 Å². The summed E-state index contributed by atoms with van der Waals surface area (Å²) in [5.74, 6) is 0.735. The highest BCUT2D eigenvalue weighted by molar-refractivity contribution is 7.80. The molecule has 27 heavy (non-hydrogen) atoms. The van der Waals surface area contributed by atoms with Gasteiger partial charge < -0.3 is 20.4 Å². The zero-order valence-electron chi connectivity index (χ0n) is 14.6. The molecule has 0 aliphatic rings. The van der Waals surface area contributed by atoms with Crippen molar-refractivity contribution in [3.63, 3.8) is 0 Å². The van der Waals surface area contributed by atoms with Crippen LogP contribution in [0.4, 0.5) is 11.5 Å². The Balaban J connectivity index is 1.87. The van der Waals surface area contributed by atoms with Crippen LogP contribution in [0.2, 0.25) is 0 Å². The number of benzene rings is 1. The maximum absolute atomic E-state index is 12.3. The molecule has 4 N–H and O–H groups in total. The van der Waals surface area contributed by atoms with E-state index in [0.29, 0.717) is 12.3 Å². The van der Waals surface area contributed by atoms with Gasteiger partial charge in [0.1, 0.15) is 17.3 Å². The highest BCUT2D eigenvalue weighted by atomic mass is 32.1. The second kappa shape index (κ2) is 7.92. The third-order valence-corrected chi connectivity index (χ3v) is 4.45. The van der Waals surface area contributed by atoms with Crippen molar-refractivity contribution in [2.75, 3.05) is 17.7 Å². The van der Waals surface area contributed by atoms with Gasteiger partial charge in [0.25, 0.3) is 5.56 Å². The monoisotopic (exact) mass is 385 g/mol. The van der Waals surface area contributed by atoms with Crippen LogP contribution in [0.1, 0.15) is 11.3 Å². The number of thiocarbonyl (C=S) groups is 1. The molecule has 9 heteroatoms. The van der Waals surface area contributed by atoms with Crippen molar-refractivity contribution in [1.82, 2.24) is 14.9 Å². The average Bonchev–Trinajstić information content (AvgIpc) is 3.17. The molecule has 2 heterocycles. The number of rotatable bonds is 5. The number of nitrogens with one attached hydrogen (secondary N) is 2. The molecular formula is C18H19N5O3S. The van der Waals surface area contributed by atoms with Crippen LogP contribution >= 0.6 is 12.2 Å². The van der Waals surface area contributed by atoms with E-state index in [1.54, 1.807) is 25.4 Å². The summed E-state index contributed by atoms with van der Waals surface area (Å²) in [5.41, 5.74) is 5.96. The summed E-state index contributed by atoms with van der Waals surface area (Å²) in [7, 11) is 1.61. The smallest absolute Gasteiger partial charge is 0.330 e. The van der Waals surface area contributed by atoms with Gasteiger partial charge in [0, 0.05) is 7.05 Å². The maximum Gasteiger partial charge on any atom is 0.330 e. The van der Waals surface area contributed by atoms with E-state index in [-0.39, 0.29) is 23.2 Å². The number of hydrogen-bond donors (Lipinski definition) is 3. The number of nitrogen functional groups attached to an aromatic ring is 1. The number of H-pyrrole nitrogens is 1. The molecule has 3 aromatic rings. The summed E-state index contributed by atoms with van der Waals surface area (Å²) in [5, 5.41) is 3.26. The highest BCUT2D eigenvalue weighted by Gasteiger charge is 2.19. The van der Waals surface area contributed by atoms with Gasteiger partial charge in [-0.15, -0.1) is 0 Å². The van der Waals surface area contributed by atoms with Crippen LogP contribution in [-0.2, 0) is 13.1 Å². The molecule has 0 spiro atoms. The van der Waals surface area contributed by atoms with Crippen molar-refractivity contribution in [2.24, 2.45) is 0 Å². The number of furan rings is 1. The van der Waals surface area contributed by atoms with Crippen LogP contribution < -0.4 is 27.2 Å². The van der Waals surface area contributed by atoms with Gasteiger partial charge in [-0.3, -0.25) is 14.3 Å². The van der Waals surface area contributed by atoms with Gasteiger partial charge in [-0.2, -0.15) is 0 Å². The summed E-state index contributed by atoms with van der Waals surface area (Å²) in [6, 6.07) is 12.9. The number of aromatic nitrogens is 2. The molecule has 0 fully saturated rings. The third-order valence-electron chi connectivity index (χ3n) is 4.03. The zero-order chi connectivity index (χ0) is 19.4. The molecule has 140 valence electrons. The Morgan fingerprint density at radius 1 is 1.26 bits per heavy atom. The minimum absolute atomic E-state index is 0.0391. The standard InChI is InChI=1S/C18H19N5O3S/c1-22(18(27)20-10-13-8-5-9-26-13)14-15(19)23(17(25)21-16(14)24)11-12-6-3-2-4-7-12/h2-9H,10-11,19H2,1H3,(H,20,27)(H,21,24,25). The first-order valence-electron chi connectivity index (χ1n) is 8.18. The SMILES string of the molecule is CN(C(=S)NCc1ccco1)c1c(N)n(Cc2ccccc2)c(=O)[nH]c1=O. The molecule has 1 aromatic carbocycles. The Morgan fingerprint density at radius 3 is 2.67 bits per heavy atom. The Labute approximate surface area is 160 Å². The van der Waals surface area contributed by atoms with Crippen LogP contribution in [0.25, 0.3) is 0 Å². The van der Waals surface area contributed by atoms with Gasteiger partial charge in [0.05, 0.1) is 19.4 Å². The second-order valence-electron chi connectivity index (χ2n) is 5.86. The van der Waals surface area contributed by atoms with Crippen molar-refractivity contribution >= 4 is 28.8 Å². The van der Waals surface area contributed by atoms with E-state index in [2.05, 4.69) is 10.3 Å². The summed E-state index contributed by atoms with van der Waals surface area (Å²) in [6.07, 6.45) is 1.56. The van der Waals surface area contributed by atoms with E-state index in [9.17, 15) is 9.59 Å². The lowest BCUT2D eigenvalue weighted by atomic mass is 10.2. The fraction of sp³-hybridized carbons (Fsp3) is 0.167. The molecule has 0 saturated carbocycles. The summed E-state index contributed by atoms with van der Waals surface area (Å²) in [4.78, 5) is 28.3. The van der Waals surface area contributed by atoms with Crippen molar-refractivity contribution < 1.29 is 4.42 Å². The second-order valence-corrected chi connectivity index (χ2v) is 6.25. The van der Waals surface area contributed by atoms with Gasteiger partial charge in [-0.05, 0) is 29.9 Å². The first kappa shape index (κ1) is 18.5. The van der Waals surface area contributed by atoms with Crippen LogP contribution in [0.15, 0.2) is 62.7 Å². The van der Waals surface area contributed by atoms with Gasteiger partial charge in [-0.1, -0.05) is 30.3 Å². The van der Waals surface area contributed by atoms with Crippen molar-refractivity contribution in [3.05, 3.63) is 80.9 Å². The van der Waals surface area contributed by atoms with E-state index in [1.165, 1.54) is 9.47 Å². The van der Waals surface area contributed by atoms with Gasteiger partial charge in [0.2, 0.25) is 0 Å². The van der Waals surface area contributed by atoms with Gasteiger partial charge in [0.15, 0.2) is 5.11 Å². The molecule has 0 bridgehead atoms. The number of nitrogens with zero attached hydrogens (tertiary/aromatic N) is 2. The quantitative estimate of drug-likeness (QED) is 0.568. The van der Waals surface area contributed by atoms with Gasteiger partial charge >= 0.3 is 5.69 Å². The number of nitrogens with two attached hydrogens (primary N) is 1. The molecule has 0 amide bonds. The Kier molecular flexibility index (Phi) is 5.41. The predicted octanol–water partition coefficient (Wildman–Crippen LogP) is 1.27. The molecule has 0 unspecified atom stereocenters. The molecule has 3 rings (SSSR count). The Morgan fingerprint density at radius 2 is 2.00 bits per heavy atom. The molecule has 0 atom stereocenters. The first-order chi connectivity index (χ1) is 13.0. The lowest BCUT2D eigenvalue weighted by molar-refractivity contribution is 0.503. The number of aromatic amines is 1. The molecular weight excluding hydrogens is 366 g/mol. The molecule has 2 aromatic heterocycles. The lowest BCUT2D eigenvalue weighted by Crippen LogP contribution is -2.43. The van der Waals surface area contributed by atoms with Crippen LogP contribution in [0.3, 0.4) is 0 Å². The zero-order valence-corrected chi connectivity index (χ0v) is 15.5. The predicted molar refractivity (Wildman–Crippen MR) is 108 cm³/mol. The Hall–Kier alpha value is -3.33. The summed E-state index contributed by atoms with van der Waals surface area (Å²) in [6.45, 7) is 0.591. The van der Waals surface area contributed by atoms with Crippen LogP contribution in [-0.4, -0.2) is 21.7 Å². The summed E-state index contributed by atoms with van der Waals surface area (Å²) >= 11 is 5.33. The maximum atomic E-state index is 12.3. The molecule has 0 aliphatic carbocycles. The van der Waals surface area contributed by atoms with Crippen molar-refractivity contribution in [2.45, 2.75) is 13.1 Å². The Bertz CT molecular complexity index is 1040. The fourth-order valence-corrected chi connectivity index (χ4v) is 2.78. The summed E-state index contributed by atoms with van der Waals surface area (Å²) < 4.78 is 6.54. The van der Waals surface area contributed by atoms with Crippen LogP contribution in [0, 0.1) is 0 Å². The molecule has 0 aliphatic heterocycles. The minimum atomic E-state index is -0.605. The fourth-order valence-electron chi connectivity index (χ4n) is 2.62. The lowest BCUT2D eigenvalue weighted by Gasteiger charge is -2.22. The topological polar surface area (TPSA) is 109 Å². The van der Waals surface area contributed by atoms with Gasteiger partial charge in [-0.25, -0.2) is 4.79 Å². The van der Waals surface area contributed by atoms with Crippen molar-refractivity contribution in [1.29, 1.82) is 0 Å². The van der Waals surface area contributed by atoms with E-state index in [1.807, 2.05) is 30.3 Å². The van der Waals surface area contributed by atoms with E-state index < -0.39 is 11.2 Å². The highest BCUT2D eigenvalue weighted by Crippen LogP contribution is 2.16. The number of anilines is 2. The molecule has 8 nitrogen and oxygen atoms in total. The normalized spacial score (nSPS) is 10.6. The third kappa shape index (κ3) is 4.09. The minimum Gasteiger partial charge on any atom is -0.467 e. The molecule has 0 saturated heterocycles. The molecule has 0 radical (unpaired) electrons. The first-order valence-corrected chi connectivity index (χ1v) is 8.58. The van der Waals surface area contributed by atoms with E-state index >= 15 is 0 Å². The number of hydrogen-bond acceptors (Lipinski definition) is 5. The van der Waals surface area contributed by atoms with E-state index in [0.717, 1.165) is 5.56 Å². The largest absolute Gasteiger partial charge is 0.467 e.